The molecule has 1 amide bonds. The number of ether oxygens (including phenoxy) is 1. The van der Waals surface area contributed by atoms with Crippen LogP contribution in [0, 0.1) is 20.8 Å². The Morgan fingerprint density at radius 3 is 2.31 bits per heavy atom. The minimum atomic E-state index is -3.95. The van der Waals surface area contributed by atoms with Crippen molar-refractivity contribution in [2.45, 2.75) is 38.1 Å². The van der Waals surface area contributed by atoms with E-state index in [0.29, 0.717) is 17.0 Å². The van der Waals surface area contributed by atoms with Crippen LogP contribution in [0.3, 0.4) is 0 Å². The fraction of sp³-hybridized carbons (Fsp3) is 0.240. The number of nitrogens with one attached hydrogen (secondary N) is 2. The molecule has 3 aromatic carbocycles. The van der Waals surface area contributed by atoms with Gasteiger partial charge in [0.2, 0.25) is 15.9 Å². The highest BCUT2D eigenvalue weighted by atomic mass is 32.2. The van der Waals surface area contributed by atoms with E-state index in [1.165, 1.54) is 19.2 Å². The molecule has 0 aromatic heterocycles. The Kier molecular flexibility index (Phi) is 7.33. The summed E-state index contributed by atoms with van der Waals surface area (Å²) >= 11 is 0. The molecular formula is C25H28N2O4S. The number of aryl methyl sites for hydroxylation is 3. The zero-order valence-corrected chi connectivity index (χ0v) is 19.5. The largest absolute Gasteiger partial charge is 0.496 e. The summed E-state index contributed by atoms with van der Waals surface area (Å²) in [4.78, 5) is 13.3. The second-order valence-corrected chi connectivity index (χ2v) is 9.52. The molecule has 0 radical (unpaired) electrons. The maximum Gasteiger partial charge on any atom is 0.242 e. The van der Waals surface area contributed by atoms with Crippen LogP contribution in [-0.4, -0.2) is 27.5 Å². The number of amides is 1. The first kappa shape index (κ1) is 23.5. The van der Waals surface area contributed by atoms with E-state index in [0.717, 1.165) is 16.7 Å². The lowest BCUT2D eigenvalue weighted by molar-refractivity contribution is -0.117. The molecule has 0 bridgehead atoms. The topological polar surface area (TPSA) is 84.5 Å². The maximum absolute atomic E-state index is 13.2. The first-order valence-electron chi connectivity index (χ1n) is 10.3. The molecule has 168 valence electrons. The number of anilines is 1. The van der Waals surface area contributed by atoms with Crippen LogP contribution in [0.2, 0.25) is 0 Å². The van der Waals surface area contributed by atoms with Crippen molar-refractivity contribution < 1.29 is 17.9 Å². The molecule has 0 saturated carbocycles. The zero-order valence-electron chi connectivity index (χ0n) is 18.7. The molecule has 1 atom stereocenters. The van der Waals surface area contributed by atoms with Crippen LogP contribution in [0.4, 0.5) is 5.69 Å². The van der Waals surface area contributed by atoms with Gasteiger partial charge in [-0.1, -0.05) is 42.5 Å². The van der Waals surface area contributed by atoms with Crippen LogP contribution in [-0.2, 0) is 21.2 Å². The Labute approximate surface area is 189 Å². The van der Waals surface area contributed by atoms with Gasteiger partial charge in [0, 0.05) is 5.69 Å². The molecule has 0 fully saturated rings. The summed E-state index contributed by atoms with van der Waals surface area (Å²) in [5.41, 5.74) is 4.10. The molecule has 0 heterocycles. The molecule has 32 heavy (non-hydrogen) atoms. The molecule has 0 aliphatic carbocycles. The van der Waals surface area contributed by atoms with Gasteiger partial charge >= 0.3 is 0 Å². The number of benzene rings is 3. The van der Waals surface area contributed by atoms with Gasteiger partial charge in [-0.3, -0.25) is 4.79 Å². The number of hydrogen-bond donors (Lipinski definition) is 2. The van der Waals surface area contributed by atoms with Gasteiger partial charge in [0.15, 0.2) is 0 Å². The maximum atomic E-state index is 13.2. The summed E-state index contributed by atoms with van der Waals surface area (Å²) in [7, 11) is -2.42. The van der Waals surface area contributed by atoms with E-state index >= 15 is 0 Å². The van der Waals surface area contributed by atoms with Crippen molar-refractivity contribution in [2.75, 3.05) is 12.4 Å². The van der Waals surface area contributed by atoms with Gasteiger partial charge in [0.25, 0.3) is 0 Å². The van der Waals surface area contributed by atoms with E-state index in [1.807, 2.05) is 62.4 Å². The summed E-state index contributed by atoms with van der Waals surface area (Å²) in [6.07, 6.45) is 0.214. The predicted octanol–water partition coefficient (Wildman–Crippen LogP) is 4.15. The highest BCUT2D eigenvalue weighted by molar-refractivity contribution is 7.89. The van der Waals surface area contributed by atoms with Crippen LogP contribution >= 0.6 is 0 Å². The Hall–Kier alpha value is -3.16. The normalized spacial score (nSPS) is 12.2. The van der Waals surface area contributed by atoms with Crippen molar-refractivity contribution in [3.8, 4) is 5.75 Å². The first-order chi connectivity index (χ1) is 15.2. The molecule has 2 N–H and O–H groups in total. The standard InChI is InChI=1S/C25H28N2O4S/c1-17-10-11-18(2)22(14-17)26-25(28)23(16-20-8-6-5-7-9-20)27-32(29,30)21-12-13-24(31-4)19(3)15-21/h5-15,23,27H,16H2,1-4H3,(H,26,28)/t23-/m1/s1. The lowest BCUT2D eigenvalue weighted by Crippen LogP contribution is -2.45. The molecule has 3 rings (SSSR count). The first-order valence-corrected chi connectivity index (χ1v) is 11.8. The van der Waals surface area contributed by atoms with Crippen LogP contribution in [0.1, 0.15) is 22.3 Å². The summed E-state index contributed by atoms with van der Waals surface area (Å²) in [5, 5.41) is 2.89. The zero-order chi connectivity index (χ0) is 23.3. The average molecular weight is 453 g/mol. The highest BCUT2D eigenvalue weighted by Gasteiger charge is 2.27. The Morgan fingerprint density at radius 1 is 0.938 bits per heavy atom. The van der Waals surface area contributed by atoms with Gasteiger partial charge in [0.05, 0.1) is 12.0 Å². The molecule has 6 nitrogen and oxygen atoms in total. The molecular weight excluding hydrogens is 424 g/mol. The third kappa shape index (κ3) is 5.75. The number of carbonyl (C=O) groups is 1. The number of hydrogen-bond acceptors (Lipinski definition) is 4. The Bertz CT molecular complexity index is 1210. The fourth-order valence-electron chi connectivity index (χ4n) is 3.40. The van der Waals surface area contributed by atoms with E-state index in [2.05, 4.69) is 10.0 Å². The fourth-order valence-corrected chi connectivity index (χ4v) is 4.68. The van der Waals surface area contributed by atoms with Gasteiger partial charge < -0.3 is 10.1 Å². The molecule has 0 aliphatic rings. The SMILES string of the molecule is COc1ccc(S(=O)(=O)N[C@H](Cc2ccccc2)C(=O)Nc2cc(C)ccc2C)cc1C. The average Bonchev–Trinajstić information content (AvgIpc) is 2.76. The number of rotatable bonds is 8. The Balaban J connectivity index is 1.90. The summed E-state index contributed by atoms with van der Waals surface area (Å²) < 4.78 is 34.1. The van der Waals surface area contributed by atoms with Gasteiger partial charge in [-0.2, -0.15) is 4.72 Å². The van der Waals surface area contributed by atoms with Crippen molar-refractivity contribution in [1.82, 2.24) is 4.72 Å². The van der Waals surface area contributed by atoms with E-state index in [-0.39, 0.29) is 11.3 Å². The summed E-state index contributed by atoms with van der Waals surface area (Å²) in [6.45, 7) is 5.60. The van der Waals surface area contributed by atoms with E-state index < -0.39 is 22.0 Å². The van der Waals surface area contributed by atoms with Crippen molar-refractivity contribution >= 4 is 21.6 Å². The monoisotopic (exact) mass is 452 g/mol. The summed E-state index contributed by atoms with van der Waals surface area (Å²) in [5.74, 6) is 0.175. The molecule has 3 aromatic rings. The van der Waals surface area contributed by atoms with Crippen LogP contribution in [0.25, 0.3) is 0 Å². The van der Waals surface area contributed by atoms with E-state index in [1.54, 1.807) is 13.0 Å². The van der Waals surface area contributed by atoms with Gasteiger partial charge in [0.1, 0.15) is 11.8 Å². The van der Waals surface area contributed by atoms with E-state index in [9.17, 15) is 13.2 Å². The molecule has 0 spiro atoms. The third-order valence-electron chi connectivity index (χ3n) is 5.22. The van der Waals surface area contributed by atoms with Crippen LogP contribution in [0.15, 0.2) is 71.6 Å². The second kappa shape index (κ2) is 9.97. The quantitative estimate of drug-likeness (QED) is 0.538. The predicted molar refractivity (Wildman–Crippen MR) is 127 cm³/mol. The summed E-state index contributed by atoms with van der Waals surface area (Å²) in [6, 6.07) is 18.7. The van der Waals surface area contributed by atoms with Crippen molar-refractivity contribution in [3.05, 3.63) is 89.0 Å². The molecule has 0 saturated heterocycles. The number of methoxy groups -OCH3 is 1. The lowest BCUT2D eigenvalue weighted by Gasteiger charge is -2.20. The van der Waals surface area contributed by atoms with Gasteiger partial charge in [-0.05, 0) is 73.7 Å². The third-order valence-corrected chi connectivity index (χ3v) is 6.69. The highest BCUT2D eigenvalue weighted by Crippen LogP contribution is 2.22. The van der Waals surface area contributed by atoms with Crippen LogP contribution < -0.4 is 14.8 Å². The minimum absolute atomic E-state index is 0.0772. The smallest absolute Gasteiger partial charge is 0.242 e. The molecule has 7 heteroatoms. The number of carbonyl (C=O) groups excluding carboxylic acids is 1. The second-order valence-electron chi connectivity index (χ2n) is 7.80. The molecule has 0 unspecified atom stereocenters. The minimum Gasteiger partial charge on any atom is -0.496 e. The van der Waals surface area contributed by atoms with Crippen molar-refractivity contribution in [1.29, 1.82) is 0 Å². The number of sulfonamides is 1. The Morgan fingerprint density at radius 2 is 1.66 bits per heavy atom. The van der Waals surface area contributed by atoms with Gasteiger partial charge in [-0.15, -0.1) is 0 Å². The molecule has 0 aliphatic heterocycles. The van der Waals surface area contributed by atoms with Crippen molar-refractivity contribution in [2.24, 2.45) is 0 Å². The van der Waals surface area contributed by atoms with Crippen LogP contribution in [0.5, 0.6) is 5.75 Å². The van der Waals surface area contributed by atoms with Gasteiger partial charge in [-0.25, -0.2) is 8.42 Å². The van der Waals surface area contributed by atoms with Crippen molar-refractivity contribution in [3.63, 3.8) is 0 Å². The lowest BCUT2D eigenvalue weighted by atomic mass is 10.1. The van der Waals surface area contributed by atoms with E-state index in [4.69, 9.17) is 4.74 Å².